The van der Waals surface area contributed by atoms with E-state index in [2.05, 4.69) is 5.32 Å². The molecule has 2 aromatic carbocycles. The Bertz CT molecular complexity index is 846. The molecule has 1 aliphatic rings. The van der Waals surface area contributed by atoms with Gasteiger partial charge in [0.05, 0.1) is 5.75 Å². The second-order valence-corrected chi connectivity index (χ2v) is 8.01. The molecule has 1 heterocycles. The van der Waals surface area contributed by atoms with Gasteiger partial charge in [0.15, 0.2) is 5.76 Å². The summed E-state index contributed by atoms with van der Waals surface area (Å²) in [7, 11) is 0. The third kappa shape index (κ3) is 4.65. The van der Waals surface area contributed by atoms with Gasteiger partial charge in [0, 0.05) is 17.2 Å². The molecule has 1 saturated carbocycles. The number of benzene rings is 2. The third-order valence-corrected chi connectivity index (χ3v) is 5.82. The van der Waals surface area contributed by atoms with Gasteiger partial charge in [0.1, 0.15) is 5.69 Å². The molecule has 0 atom stereocenters. The van der Waals surface area contributed by atoms with E-state index in [1.807, 2.05) is 60.7 Å². The smallest absolute Gasteiger partial charge is 0.257 e. The van der Waals surface area contributed by atoms with Gasteiger partial charge in [-0.15, -0.1) is 0 Å². The minimum atomic E-state index is 0.0534. The lowest BCUT2D eigenvalue weighted by Crippen LogP contribution is -2.37. The lowest BCUT2D eigenvalue weighted by molar-refractivity contribution is -0.119. The van der Waals surface area contributed by atoms with Crippen LogP contribution in [0.1, 0.15) is 32.1 Å². The van der Waals surface area contributed by atoms with Crippen molar-refractivity contribution in [3.63, 3.8) is 0 Å². The molecule has 0 aliphatic heterocycles. The van der Waals surface area contributed by atoms with E-state index in [1.165, 1.54) is 31.0 Å². The van der Waals surface area contributed by atoms with Crippen LogP contribution in [0.25, 0.3) is 22.6 Å². The first-order valence-electron chi connectivity index (χ1n) is 9.83. The molecular weight excluding hydrogens is 368 g/mol. The Morgan fingerprint density at radius 1 is 0.964 bits per heavy atom. The zero-order valence-corrected chi connectivity index (χ0v) is 16.6. The molecule has 4 rings (SSSR count). The first-order chi connectivity index (χ1) is 13.8. The van der Waals surface area contributed by atoms with Gasteiger partial charge in [-0.3, -0.25) is 4.79 Å². The van der Waals surface area contributed by atoms with Crippen molar-refractivity contribution in [1.29, 1.82) is 0 Å². The minimum Gasteiger partial charge on any atom is -0.431 e. The number of amides is 1. The number of hydrogen-bond acceptors (Lipinski definition) is 4. The van der Waals surface area contributed by atoms with Crippen LogP contribution in [0.4, 0.5) is 0 Å². The van der Waals surface area contributed by atoms with Gasteiger partial charge in [0.2, 0.25) is 5.91 Å². The normalized spacial score (nSPS) is 14.7. The van der Waals surface area contributed by atoms with E-state index in [9.17, 15) is 4.79 Å². The Kier molecular flexibility index (Phi) is 6.12. The van der Waals surface area contributed by atoms with Crippen LogP contribution in [0.2, 0.25) is 0 Å². The number of carbonyl (C=O) groups excluding carboxylic acids is 1. The summed E-state index contributed by atoms with van der Waals surface area (Å²) >= 11 is 1.35. The van der Waals surface area contributed by atoms with Gasteiger partial charge < -0.3 is 9.73 Å². The van der Waals surface area contributed by atoms with Crippen molar-refractivity contribution in [2.75, 3.05) is 5.75 Å². The fourth-order valence-electron chi connectivity index (χ4n) is 3.58. The van der Waals surface area contributed by atoms with Crippen LogP contribution in [0, 0.1) is 0 Å². The summed E-state index contributed by atoms with van der Waals surface area (Å²) < 4.78 is 6.07. The Morgan fingerprint density at radius 2 is 1.61 bits per heavy atom. The molecule has 1 N–H and O–H groups in total. The first-order valence-corrected chi connectivity index (χ1v) is 10.8. The monoisotopic (exact) mass is 392 g/mol. The summed E-state index contributed by atoms with van der Waals surface area (Å²) in [6.07, 6.45) is 5.87. The maximum Gasteiger partial charge on any atom is 0.257 e. The highest BCUT2D eigenvalue weighted by molar-refractivity contribution is 7.99. The Labute approximate surface area is 169 Å². The van der Waals surface area contributed by atoms with Gasteiger partial charge in [0.25, 0.3) is 5.22 Å². The molecule has 0 unspecified atom stereocenters. The van der Waals surface area contributed by atoms with Crippen LogP contribution in [0.3, 0.4) is 0 Å². The van der Waals surface area contributed by atoms with Gasteiger partial charge in [-0.1, -0.05) is 91.7 Å². The molecule has 5 heteroatoms. The molecule has 0 saturated heterocycles. The van der Waals surface area contributed by atoms with E-state index in [-0.39, 0.29) is 5.91 Å². The van der Waals surface area contributed by atoms with E-state index in [0.717, 1.165) is 35.4 Å². The van der Waals surface area contributed by atoms with Crippen LogP contribution >= 0.6 is 11.8 Å². The molecule has 3 aromatic rings. The molecular formula is C23H24N2O2S. The van der Waals surface area contributed by atoms with E-state index in [1.54, 1.807) is 0 Å². The number of nitrogens with one attached hydrogen (secondary N) is 1. The summed E-state index contributed by atoms with van der Waals surface area (Å²) in [6.45, 7) is 0. The molecule has 4 nitrogen and oxygen atoms in total. The van der Waals surface area contributed by atoms with E-state index < -0.39 is 0 Å². The fraction of sp³-hybridized carbons (Fsp3) is 0.304. The maximum absolute atomic E-state index is 12.3. The summed E-state index contributed by atoms with van der Waals surface area (Å²) in [6, 6.07) is 20.3. The zero-order chi connectivity index (χ0) is 19.2. The van der Waals surface area contributed by atoms with Crippen LogP contribution in [-0.4, -0.2) is 22.7 Å². The first kappa shape index (κ1) is 18.8. The summed E-state index contributed by atoms with van der Waals surface area (Å²) in [5, 5.41) is 3.67. The number of carbonyl (C=O) groups is 1. The van der Waals surface area contributed by atoms with Crippen molar-refractivity contribution in [2.24, 2.45) is 0 Å². The summed E-state index contributed by atoms with van der Waals surface area (Å²) in [4.78, 5) is 17.0. The second kappa shape index (κ2) is 9.11. The topological polar surface area (TPSA) is 55.1 Å². The van der Waals surface area contributed by atoms with Gasteiger partial charge >= 0.3 is 0 Å². The SMILES string of the molecule is O=C(CSc1nc(-c2ccccc2)c(-c2ccccc2)o1)NC1CCCCC1. The zero-order valence-electron chi connectivity index (χ0n) is 15.8. The minimum absolute atomic E-state index is 0.0534. The standard InChI is InChI=1S/C23H24N2O2S/c26-20(24-19-14-8-3-9-15-19)16-28-23-25-21(17-10-4-1-5-11-17)22(27-23)18-12-6-2-7-13-18/h1-2,4-7,10-13,19H,3,8-9,14-16H2,(H,24,26). The number of oxazole rings is 1. The van der Waals surface area contributed by atoms with Crippen molar-refractivity contribution in [3.05, 3.63) is 60.7 Å². The molecule has 0 bridgehead atoms. The predicted molar refractivity (Wildman–Crippen MR) is 113 cm³/mol. The molecule has 0 radical (unpaired) electrons. The number of hydrogen-bond donors (Lipinski definition) is 1. The van der Waals surface area contributed by atoms with E-state index >= 15 is 0 Å². The predicted octanol–water partition coefficient (Wildman–Crippen LogP) is 5.55. The molecule has 1 fully saturated rings. The highest BCUT2D eigenvalue weighted by Crippen LogP contribution is 2.35. The molecule has 28 heavy (non-hydrogen) atoms. The van der Waals surface area contributed by atoms with Crippen molar-refractivity contribution < 1.29 is 9.21 Å². The van der Waals surface area contributed by atoms with Gasteiger partial charge in [-0.2, -0.15) is 0 Å². The number of nitrogens with zero attached hydrogens (tertiary/aromatic N) is 1. The lowest BCUT2D eigenvalue weighted by atomic mass is 9.95. The second-order valence-electron chi connectivity index (χ2n) is 7.08. The Morgan fingerprint density at radius 3 is 2.29 bits per heavy atom. The highest BCUT2D eigenvalue weighted by atomic mass is 32.2. The number of rotatable bonds is 6. The van der Waals surface area contributed by atoms with Crippen LogP contribution in [0.15, 0.2) is 70.3 Å². The largest absolute Gasteiger partial charge is 0.431 e. The van der Waals surface area contributed by atoms with Crippen molar-refractivity contribution >= 4 is 17.7 Å². The Hall–Kier alpha value is -2.53. The van der Waals surface area contributed by atoms with Gasteiger partial charge in [-0.05, 0) is 12.8 Å². The van der Waals surface area contributed by atoms with E-state index in [4.69, 9.17) is 9.40 Å². The van der Waals surface area contributed by atoms with Crippen LogP contribution in [0.5, 0.6) is 0 Å². The highest BCUT2D eigenvalue weighted by Gasteiger charge is 2.19. The molecule has 144 valence electrons. The maximum atomic E-state index is 12.3. The molecule has 1 aromatic heterocycles. The summed E-state index contributed by atoms with van der Waals surface area (Å²) in [5.74, 6) is 1.11. The molecule has 1 aliphatic carbocycles. The third-order valence-electron chi connectivity index (χ3n) is 4.99. The van der Waals surface area contributed by atoms with Crippen molar-refractivity contribution in [3.8, 4) is 22.6 Å². The van der Waals surface area contributed by atoms with Crippen LogP contribution in [-0.2, 0) is 4.79 Å². The van der Waals surface area contributed by atoms with Crippen LogP contribution < -0.4 is 5.32 Å². The lowest BCUT2D eigenvalue weighted by Gasteiger charge is -2.22. The average Bonchev–Trinajstić information content (AvgIpc) is 3.19. The summed E-state index contributed by atoms with van der Waals surface area (Å²) in [5.41, 5.74) is 2.79. The van der Waals surface area contributed by atoms with Crippen molar-refractivity contribution in [1.82, 2.24) is 10.3 Å². The van der Waals surface area contributed by atoms with E-state index in [0.29, 0.717) is 17.0 Å². The average molecular weight is 393 g/mol. The number of thioether (sulfide) groups is 1. The van der Waals surface area contributed by atoms with Crippen molar-refractivity contribution in [2.45, 2.75) is 43.4 Å². The Balaban J connectivity index is 1.50. The molecule has 0 spiro atoms. The molecule has 1 amide bonds. The fourth-order valence-corrected chi connectivity index (χ4v) is 4.22. The van der Waals surface area contributed by atoms with Gasteiger partial charge in [-0.25, -0.2) is 4.98 Å². The number of aromatic nitrogens is 1. The quantitative estimate of drug-likeness (QED) is 0.559.